The Hall–Kier alpha value is -2.08. The zero-order chi connectivity index (χ0) is 17.5. The number of likely N-dealkylation sites (tertiary alicyclic amines) is 1. The number of carbonyl (C=O) groups excluding carboxylic acids is 2. The van der Waals surface area contributed by atoms with Crippen molar-refractivity contribution in [1.29, 1.82) is 0 Å². The van der Waals surface area contributed by atoms with Gasteiger partial charge in [0.1, 0.15) is 0 Å². The van der Waals surface area contributed by atoms with Crippen molar-refractivity contribution in [3.63, 3.8) is 0 Å². The van der Waals surface area contributed by atoms with E-state index < -0.39 is 0 Å². The van der Waals surface area contributed by atoms with Crippen molar-refractivity contribution in [2.24, 2.45) is 0 Å². The first-order valence-electron chi connectivity index (χ1n) is 9.23. The van der Waals surface area contributed by atoms with Crippen LogP contribution in [0.25, 0.3) is 0 Å². The Kier molecular flexibility index (Phi) is 6.28. The predicted molar refractivity (Wildman–Crippen MR) is 96.7 cm³/mol. The average Bonchev–Trinajstić information content (AvgIpc) is 2.96. The summed E-state index contributed by atoms with van der Waals surface area (Å²) in [5.74, 6) is 0.186. The molecule has 6 heteroatoms. The summed E-state index contributed by atoms with van der Waals surface area (Å²) in [7, 11) is 0. The minimum Gasteiger partial charge on any atom is -0.378 e. The maximum absolute atomic E-state index is 12.6. The predicted octanol–water partition coefficient (Wildman–Crippen LogP) is 1.97. The summed E-state index contributed by atoms with van der Waals surface area (Å²) in [5, 5.41) is 3.14. The van der Waals surface area contributed by atoms with E-state index in [-0.39, 0.29) is 18.4 Å². The van der Waals surface area contributed by atoms with Gasteiger partial charge in [-0.3, -0.25) is 9.59 Å². The molecule has 6 nitrogen and oxygen atoms in total. The van der Waals surface area contributed by atoms with Crippen LogP contribution in [-0.4, -0.2) is 67.6 Å². The van der Waals surface area contributed by atoms with Gasteiger partial charge in [0.15, 0.2) is 0 Å². The van der Waals surface area contributed by atoms with Crippen molar-refractivity contribution in [2.45, 2.75) is 25.7 Å². The van der Waals surface area contributed by atoms with E-state index in [0.29, 0.717) is 31.9 Å². The first-order chi connectivity index (χ1) is 12.2. The van der Waals surface area contributed by atoms with Gasteiger partial charge in [0.2, 0.25) is 5.91 Å². The molecule has 0 atom stereocenters. The summed E-state index contributed by atoms with van der Waals surface area (Å²) in [6, 6.07) is 7.43. The number of carbonyl (C=O) groups is 2. The smallest absolute Gasteiger partial charge is 0.253 e. The normalized spacial score (nSPS) is 18.6. The quantitative estimate of drug-likeness (QED) is 0.906. The molecule has 2 aliphatic heterocycles. The lowest BCUT2D eigenvalue weighted by Gasteiger charge is -2.27. The Labute approximate surface area is 149 Å². The molecular formula is C19H27N3O3. The number of hydrogen-bond acceptors (Lipinski definition) is 4. The monoisotopic (exact) mass is 345 g/mol. The maximum atomic E-state index is 12.6. The van der Waals surface area contributed by atoms with Crippen LogP contribution < -0.4 is 5.32 Å². The highest BCUT2D eigenvalue weighted by atomic mass is 16.5. The second-order valence-electron chi connectivity index (χ2n) is 6.63. The number of anilines is 1. The van der Waals surface area contributed by atoms with Crippen LogP contribution >= 0.6 is 0 Å². The molecule has 3 rings (SSSR count). The van der Waals surface area contributed by atoms with Gasteiger partial charge < -0.3 is 19.9 Å². The number of nitrogens with one attached hydrogen (secondary N) is 1. The Morgan fingerprint density at radius 3 is 2.16 bits per heavy atom. The molecular weight excluding hydrogens is 318 g/mol. The van der Waals surface area contributed by atoms with E-state index in [2.05, 4.69) is 5.32 Å². The third-order valence-corrected chi connectivity index (χ3v) is 4.83. The highest BCUT2D eigenvalue weighted by molar-refractivity contribution is 5.94. The number of rotatable bonds is 4. The summed E-state index contributed by atoms with van der Waals surface area (Å²) < 4.78 is 5.26. The lowest BCUT2D eigenvalue weighted by atomic mass is 10.1. The summed E-state index contributed by atoms with van der Waals surface area (Å²) >= 11 is 0. The van der Waals surface area contributed by atoms with Gasteiger partial charge in [-0.25, -0.2) is 0 Å². The second kappa shape index (κ2) is 8.85. The largest absolute Gasteiger partial charge is 0.378 e. The Morgan fingerprint density at radius 1 is 0.880 bits per heavy atom. The number of morpholine rings is 1. The van der Waals surface area contributed by atoms with E-state index in [1.165, 1.54) is 12.8 Å². The summed E-state index contributed by atoms with van der Waals surface area (Å²) in [4.78, 5) is 28.5. The third-order valence-electron chi connectivity index (χ3n) is 4.83. The molecule has 1 aromatic carbocycles. The van der Waals surface area contributed by atoms with E-state index in [0.717, 1.165) is 31.6 Å². The molecule has 0 aliphatic carbocycles. The van der Waals surface area contributed by atoms with Crippen molar-refractivity contribution in [3.05, 3.63) is 29.8 Å². The second-order valence-corrected chi connectivity index (χ2v) is 6.63. The highest BCUT2D eigenvalue weighted by Gasteiger charge is 2.18. The summed E-state index contributed by atoms with van der Waals surface area (Å²) in [6.07, 6.45) is 4.61. The zero-order valence-corrected chi connectivity index (χ0v) is 14.7. The van der Waals surface area contributed by atoms with Gasteiger partial charge in [0, 0.05) is 37.4 Å². The van der Waals surface area contributed by atoms with E-state index in [4.69, 9.17) is 4.74 Å². The van der Waals surface area contributed by atoms with Gasteiger partial charge in [-0.2, -0.15) is 0 Å². The summed E-state index contributed by atoms with van der Waals surface area (Å²) in [5.41, 5.74) is 1.57. The molecule has 0 radical (unpaired) electrons. The van der Waals surface area contributed by atoms with Crippen LogP contribution in [0, 0.1) is 0 Å². The average molecular weight is 345 g/mol. The van der Waals surface area contributed by atoms with Gasteiger partial charge in [0.25, 0.3) is 5.91 Å². The van der Waals surface area contributed by atoms with E-state index in [1.54, 1.807) is 0 Å². The fourth-order valence-electron chi connectivity index (χ4n) is 3.29. The number of ether oxygens (including phenoxy) is 1. The molecule has 25 heavy (non-hydrogen) atoms. The minimum absolute atomic E-state index is 0.0769. The van der Waals surface area contributed by atoms with E-state index >= 15 is 0 Å². The van der Waals surface area contributed by atoms with Gasteiger partial charge in [0.05, 0.1) is 19.8 Å². The molecule has 0 saturated carbocycles. The molecule has 2 amide bonds. The first kappa shape index (κ1) is 17.7. The molecule has 0 spiro atoms. The zero-order valence-electron chi connectivity index (χ0n) is 14.7. The van der Waals surface area contributed by atoms with Gasteiger partial charge >= 0.3 is 0 Å². The SMILES string of the molecule is O=C(CNc1ccc(C(=O)N2CCCCCC2)cc1)N1CCOCC1. The first-order valence-corrected chi connectivity index (χ1v) is 9.23. The number of benzene rings is 1. The molecule has 2 saturated heterocycles. The molecule has 1 aromatic rings. The maximum Gasteiger partial charge on any atom is 0.253 e. The fraction of sp³-hybridized carbons (Fsp3) is 0.579. The molecule has 0 aromatic heterocycles. The number of amides is 2. The molecule has 1 N–H and O–H groups in total. The van der Waals surface area contributed by atoms with Crippen molar-refractivity contribution < 1.29 is 14.3 Å². The van der Waals surface area contributed by atoms with Crippen LogP contribution in [0.1, 0.15) is 36.0 Å². The van der Waals surface area contributed by atoms with Crippen LogP contribution in [0.15, 0.2) is 24.3 Å². The minimum atomic E-state index is 0.0769. The molecule has 136 valence electrons. The van der Waals surface area contributed by atoms with Crippen LogP contribution in [0.2, 0.25) is 0 Å². The third kappa shape index (κ3) is 4.95. The highest BCUT2D eigenvalue weighted by Crippen LogP contribution is 2.15. The standard InChI is InChI=1S/C19H27N3O3/c23-18(21-11-13-25-14-12-21)15-20-17-7-5-16(6-8-17)19(24)22-9-3-1-2-4-10-22/h5-8,20H,1-4,9-15H2. The van der Waals surface area contributed by atoms with Crippen LogP contribution in [0.5, 0.6) is 0 Å². The lowest BCUT2D eigenvalue weighted by molar-refractivity contribution is -0.133. The van der Waals surface area contributed by atoms with Crippen molar-refractivity contribution in [2.75, 3.05) is 51.3 Å². The molecule has 0 bridgehead atoms. The fourth-order valence-corrected chi connectivity index (χ4v) is 3.29. The Balaban J connectivity index is 1.51. The molecule has 0 unspecified atom stereocenters. The van der Waals surface area contributed by atoms with Crippen molar-refractivity contribution in [1.82, 2.24) is 9.80 Å². The van der Waals surface area contributed by atoms with Gasteiger partial charge in [-0.05, 0) is 37.1 Å². The Morgan fingerprint density at radius 2 is 1.52 bits per heavy atom. The van der Waals surface area contributed by atoms with Crippen LogP contribution in [-0.2, 0) is 9.53 Å². The van der Waals surface area contributed by atoms with Crippen molar-refractivity contribution in [3.8, 4) is 0 Å². The van der Waals surface area contributed by atoms with Crippen molar-refractivity contribution >= 4 is 17.5 Å². The van der Waals surface area contributed by atoms with Gasteiger partial charge in [-0.15, -0.1) is 0 Å². The number of hydrogen-bond donors (Lipinski definition) is 1. The van der Waals surface area contributed by atoms with E-state index in [1.807, 2.05) is 34.1 Å². The topological polar surface area (TPSA) is 61.9 Å². The molecule has 2 heterocycles. The van der Waals surface area contributed by atoms with Gasteiger partial charge in [-0.1, -0.05) is 12.8 Å². The Bertz CT molecular complexity index is 574. The molecule has 2 aliphatic rings. The summed E-state index contributed by atoms with van der Waals surface area (Å²) in [6.45, 7) is 4.50. The van der Waals surface area contributed by atoms with Crippen LogP contribution in [0.4, 0.5) is 5.69 Å². The van der Waals surface area contributed by atoms with Crippen LogP contribution in [0.3, 0.4) is 0 Å². The van der Waals surface area contributed by atoms with E-state index in [9.17, 15) is 9.59 Å². The lowest BCUT2D eigenvalue weighted by Crippen LogP contribution is -2.43. The number of nitrogens with zero attached hydrogens (tertiary/aromatic N) is 2. The molecule has 2 fully saturated rings.